The molecule has 17 heavy (non-hydrogen) atoms. The Morgan fingerprint density at radius 3 is 2.71 bits per heavy atom. The second-order valence-electron chi connectivity index (χ2n) is 4.28. The van der Waals surface area contributed by atoms with Gasteiger partial charge in [0.05, 0.1) is 19.2 Å². The molecule has 0 N–H and O–H groups in total. The lowest BCUT2D eigenvalue weighted by Crippen LogP contribution is -2.52. The van der Waals surface area contributed by atoms with Crippen molar-refractivity contribution in [3.63, 3.8) is 0 Å². The highest BCUT2D eigenvalue weighted by Crippen LogP contribution is 2.26. The molecule has 0 amide bonds. The largest absolute Gasteiger partial charge is 0.482 e. The molecule has 1 unspecified atom stereocenters. The van der Waals surface area contributed by atoms with Crippen molar-refractivity contribution in [3.05, 3.63) is 30.3 Å². The van der Waals surface area contributed by atoms with Crippen molar-refractivity contribution in [1.29, 1.82) is 0 Å². The van der Waals surface area contributed by atoms with Gasteiger partial charge in [-0.1, -0.05) is 18.2 Å². The van der Waals surface area contributed by atoms with Gasteiger partial charge in [-0.3, -0.25) is 0 Å². The van der Waals surface area contributed by atoms with E-state index < -0.39 is 0 Å². The third kappa shape index (κ3) is 2.46. The molecular weight excluding hydrogens is 233 g/mol. The normalized spacial score (nSPS) is 25.3. The Morgan fingerprint density at radius 2 is 1.94 bits per heavy atom. The summed E-state index contributed by atoms with van der Waals surface area (Å²) in [6, 6.07) is 10.6. The maximum atomic E-state index is 5.67. The zero-order chi connectivity index (χ0) is 11.5. The van der Waals surface area contributed by atoms with E-state index >= 15 is 0 Å². The molecule has 0 radical (unpaired) electrons. The average Bonchev–Trinajstić information content (AvgIpc) is 2.94. The van der Waals surface area contributed by atoms with Crippen LogP contribution in [0.25, 0.3) is 0 Å². The molecule has 1 aromatic rings. The van der Waals surface area contributed by atoms with E-state index in [-0.39, 0.29) is 7.12 Å². The first-order valence-corrected chi connectivity index (χ1v) is 7.23. The van der Waals surface area contributed by atoms with Crippen LogP contribution in [0.15, 0.2) is 30.3 Å². The van der Waals surface area contributed by atoms with Crippen LogP contribution in [0, 0.1) is 0 Å². The number of rotatable bonds is 2. The van der Waals surface area contributed by atoms with Crippen LogP contribution in [-0.2, 0) is 9.31 Å². The second kappa shape index (κ2) is 5.33. The fraction of sp³-hybridized carbons (Fsp3) is 0.500. The quantitative estimate of drug-likeness (QED) is 0.743. The summed E-state index contributed by atoms with van der Waals surface area (Å²) in [6.45, 7) is 2.53. The minimum atomic E-state index is -0.0528. The average molecular weight is 249 g/mol. The molecule has 90 valence electrons. The van der Waals surface area contributed by atoms with E-state index in [1.54, 1.807) is 0 Å². The number of hydrogen-bond acceptors (Lipinski definition) is 4. The molecule has 0 spiro atoms. The summed E-state index contributed by atoms with van der Waals surface area (Å²) in [4.78, 5) is 2.42. The van der Waals surface area contributed by atoms with Crippen molar-refractivity contribution in [2.45, 2.75) is 5.94 Å². The monoisotopic (exact) mass is 249 g/mol. The molecule has 3 nitrogen and oxygen atoms in total. The van der Waals surface area contributed by atoms with E-state index in [0.29, 0.717) is 5.94 Å². The molecule has 2 fully saturated rings. The predicted octanol–water partition coefficient (Wildman–Crippen LogP) is 1.68. The maximum absolute atomic E-state index is 5.67. The SMILES string of the molecule is c1ccc(N2CCSCC2B2OCCO2)cc1. The van der Waals surface area contributed by atoms with Crippen LogP contribution in [0.1, 0.15) is 0 Å². The molecule has 5 heteroatoms. The fourth-order valence-electron chi connectivity index (χ4n) is 2.39. The van der Waals surface area contributed by atoms with Crippen molar-refractivity contribution in [3.8, 4) is 0 Å². The number of nitrogens with zero attached hydrogens (tertiary/aromatic N) is 1. The smallest absolute Gasteiger partial charge is 0.407 e. The standard InChI is InChI=1S/C12H16BNO2S/c1-2-4-11(5-3-1)14-6-9-17-10-12(14)13-15-7-8-16-13/h1-5,12H,6-10H2. The lowest BCUT2D eigenvalue weighted by Gasteiger charge is -2.37. The van der Waals surface area contributed by atoms with E-state index in [0.717, 1.165) is 25.5 Å². The summed E-state index contributed by atoms with van der Waals surface area (Å²) >= 11 is 1.99. The van der Waals surface area contributed by atoms with E-state index in [9.17, 15) is 0 Å². The lowest BCUT2D eigenvalue weighted by molar-refractivity contribution is 0.359. The topological polar surface area (TPSA) is 21.7 Å². The first-order chi connectivity index (χ1) is 8.45. The second-order valence-corrected chi connectivity index (χ2v) is 5.43. The van der Waals surface area contributed by atoms with E-state index in [1.165, 1.54) is 11.4 Å². The molecule has 0 saturated carbocycles. The molecule has 2 aliphatic heterocycles. The summed E-state index contributed by atoms with van der Waals surface area (Å²) in [7, 11) is -0.0528. The molecule has 2 saturated heterocycles. The van der Waals surface area contributed by atoms with Crippen molar-refractivity contribution in [1.82, 2.24) is 0 Å². The summed E-state index contributed by atoms with van der Waals surface area (Å²) < 4.78 is 11.3. The van der Waals surface area contributed by atoms with Crippen molar-refractivity contribution in [2.24, 2.45) is 0 Å². The van der Waals surface area contributed by atoms with Gasteiger partial charge in [-0.25, -0.2) is 0 Å². The minimum absolute atomic E-state index is 0.0528. The van der Waals surface area contributed by atoms with E-state index in [2.05, 4.69) is 35.2 Å². The Labute approximate surface area is 107 Å². The maximum Gasteiger partial charge on any atom is 0.482 e. The Bertz CT molecular complexity index is 359. The van der Waals surface area contributed by atoms with Crippen LogP contribution in [0.3, 0.4) is 0 Å². The van der Waals surface area contributed by atoms with Gasteiger partial charge in [0.25, 0.3) is 0 Å². The molecule has 2 heterocycles. The van der Waals surface area contributed by atoms with Gasteiger partial charge in [0.1, 0.15) is 0 Å². The summed E-state index contributed by atoms with van der Waals surface area (Å²) in [6.07, 6.45) is 0. The first kappa shape index (κ1) is 11.4. The molecular formula is C12H16BNO2S. The number of para-hydroxylation sites is 1. The van der Waals surface area contributed by atoms with E-state index in [1.807, 2.05) is 11.8 Å². The summed E-state index contributed by atoms with van der Waals surface area (Å²) in [5, 5.41) is 0. The summed E-state index contributed by atoms with van der Waals surface area (Å²) in [5.41, 5.74) is 1.27. The molecule has 0 bridgehead atoms. The Morgan fingerprint density at radius 1 is 1.18 bits per heavy atom. The fourth-order valence-corrected chi connectivity index (χ4v) is 3.46. The predicted molar refractivity (Wildman–Crippen MR) is 72.6 cm³/mol. The highest BCUT2D eigenvalue weighted by Gasteiger charge is 2.39. The highest BCUT2D eigenvalue weighted by atomic mass is 32.2. The Hall–Kier alpha value is -0.645. The minimum Gasteiger partial charge on any atom is -0.407 e. The first-order valence-electron chi connectivity index (χ1n) is 6.08. The molecule has 0 aliphatic carbocycles. The molecule has 3 rings (SSSR count). The summed E-state index contributed by atoms with van der Waals surface area (Å²) in [5.74, 6) is 2.61. The van der Waals surface area contributed by atoms with Crippen LogP contribution >= 0.6 is 11.8 Å². The highest BCUT2D eigenvalue weighted by molar-refractivity contribution is 7.99. The van der Waals surface area contributed by atoms with Gasteiger partial charge in [0.15, 0.2) is 0 Å². The molecule has 2 aliphatic rings. The Balaban J connectivity index is 1.80. The van der Waals surface area contributed by atoms with Gasteiger partial charge in [-0.2, -0.15) is 11.8 Å². The molecule has 0 aromatic heterocycles. The van der Waals surface area contributed by atoms with Crippen LogP contribution in [-0.4, -0.2) is 44.3 Å². The van der Waals surface area contributed by atoms with Crippen LogP contribution in [0.2, 0.25) is 0 Å². The van der Waals surface area contributed by atoms with Gasteiger partial charge in [-0.15, -0.1) is 0 Å². The third-order valence-electron chi connectivity index (χ3n) is 3.22. The number of anilines is 1. The van der Waals surface area contributed by atoms with Gasteiger partial charge < -0.3 is 14.2 Å². The number of thioether (sulfide) groups is 1. The van der Waals surface area contributed by atoms with Crippen molar-refractivity contribution < 1.29 is 9.31 Å². The van der Waals surface area contributed by atoms with Gasteiger partial charge in [-0.05, 0) is 12.1 Å². The molecule has 1 atom stereocenters. The lowest BCUT2D eigenvalue weighted by atomic mass is 9.78. The molecule has 1 aromatic carbocycles. The van der Waals surface area contributed by atoms with Gasteiger partial charge >= 0.3 is 7.12 Å². The zero-order valence-corrected chi connectivity index (χ0v) is 10.6. The Kier molecular flexibility index (Phi) is 3.59. The zero-order valence-electron chi connectivity index (χ0n) is 9.75. The van der Waals surface area contributed by atoms with Crippen LogP contribution in [0.4, 0.5) is 5.69 Å². The van der Waals surface area contributed by atoms with E-state index in [4.69, 9.17) is 9.31 Å². The number of benzene rings is 1. The third-order valence-corrected chi connectivity index (χ3v) is 4.26. The van der Waals surface area contributed by atoms with Crippen LogP contribution in [0.5, 0.6) is 0 Å². The number of hydrogen-bond donors (Lipinski definition) is 0. The van der Waals surface area contributed by atoms with Crippen molar-refractivity contribution in [2.75, 3.05) is 36.2 Å². The van der Waals surface area contributed by atoms with Crippen LogP contribution < -0.4 is 4.90 Å². The van der Waals surface area contributed by atoms with Gasteiger partial charge in [0.2, 0.25) is 0 Å². The van der Waals surface area contributed by atoms with Crippen molar-refractivity contribution >= 4 is 24.6 Å². The van der Waals surface area contributed by atoms with Gasteiger partial charge in [0, 0.05) is 23.7 Å².